The zero-order valence-electron chi connectivity index (χ0n) is 15.4. The molecule has 4 rings (SSSR count). The molecule has 0 spiro atoms. The zero-order valence-corrected chi connectivity index (χ0v) is 15.4. The fourth-order valence-corrected chi connectivity index (χ4v) is 3.64. The first-order valence-corrected chi connectivity index (χ1v) is 8.98. The molecule has 0 amide bonds. The Hall–Kier alpha value is -2.12. The minimum absolute atomic E-state index is 0.0710. The molecule has 1 aromatic heterocycles. The van der Waals surface area contributed by atoms with Gasteiger partial charge in [0.1, 0.15) is 5.60 Å². The highest BCUT2D eigenvalue weighted by molar-refractivity contribution is 6.43. The number of fused-ring (bicyclic) bond motifs is 1. The van der Waals surface area contributed by atoms with E-state index in [0.29, 0.717) is 12.9 Å². The van der Waals surface area contributed by atoms with Gasteiger partial charge in [-0.25, -0.2) is 4.98 Å². The Kier molecular flexibility index (Phi) is 4.36. The van der Waals surface area contributed by atoms with Gasteiger partial charge in [-0.15, -0.1) is 0 Å². The van der Waals surface area contributed by atoms with Crippen molar-refractivity contribution in [2.75, 3.05) is 13.7 Å². The second-order valence-corrected chi connectivity index (χ2v) is 7.53. The Balaban J connectivity index is 1.75. The summed E-state index contributed by atoms with van der Waals surface area (Å²) in [5.41, 5.74) is 3.57. The summed E-state index contributed by atoms with van der Waals surface area (Å²) >= 11 is 0. The first-order valence-electron chi connectivity index (χ1n) is 8.98. The van der Waals surface area contributed by atoms with E-state index in [1.807, 2.05) is 12.1 Å². The van der Waals surface area contributed by atoms with Crippen molar-refractivity contribution in [2.24, 2.45) is 0 Å². The molecule has 1 unspecified atom stereocenters. The van der Waals surface area contributed by atoms with Crippen LogP contribution in [0.25, 0.3) is 11.3 Å². The first kappa shape index (κ1) is 17.3. The molecule has 2 aliphatic rings. The predicted octanol–water partition coefficient (Wildman–Crippen LogP) is 2.85. The predicted molar refractivity (Wildman–Crippen MR) is 98.5 cm³/mol. The van der Waals surface area contributed by atoms with E-state index in [1.165, 1.54) is 0 Å². The summed E-state index contributed by atoms with van der Waals surface area (Å²) in [5, 5.41) is 9.61. The molecule has 7 heteroatoms. The Labute approximate surface area is 153 Å². The van der Waals surface area contributed by atoms with Crippen molar-refractivity contribution in [1.29, 1.82) is 0 Å². The molecule has 0 aliphatic carbocycles. The lowest BCUT2D eigenvalue weighted by Crippen LogP contribution is -2.33. The smallest absolute Gasteiger partial charge is 0.454 e. The fourth-order valence-electron chi connectivity index (χ4n) is 3.64. The van der Waals surface area contributed by atoms with Gasteiger partial charge >= 0.3 is 7.12 Å². The van der Waals surface area contributed by atoms with Crippen LogP contribution < -0.4 is 9.47 Å². The number of benzene rings is 1. The van der Waals surface area contributed by atoms with Gasteiger partial charge in [-0.1, -0.05) is 0 Å². The summed E-state index contributed by atoms with van der Waals surface area (Å²) in [6.07, 6.45) is 5.90. The van der Waals surface area contributed by atoms with Gasteiger partial charge in [0, 0.05) is 29.8 Å². The molecular weight excluding hydrogens is 331 g/mol. The standard InChI is InChI=1S/C19H23BN2O4/c1-19(2)7-6-14-13(4-5-17(24-3)18(14)26-19)16-10-21-9-15(22-16)12-8-20(23)25-11-12/h4-5,9-10,12,23H,6-8,11H2,1-3H3. The molecule has 1 N–H and O–H groups in total. The van der Waals surface area contributed by atoms with Crippen molar-refractivity contribution in [3.05, 3.63) is 35.8 Å². The quantitative estimate of drug-likeness (QED) is 0.855. The van der Waals surface area contributed by atoms with Gasteiger partial charge in [-0.2, -0.15) is 0 Å². The van der Waals surface area contributed by atoms with Gasteiger partial charge in [-0.05, 0) is 45.1 Å². The lowest BCUT2D eigenvalue weighted by atomic mass is 9.81. The number of aromatic nitrogens is 2. The second kappa shape index (κ2) is 6.56. The summed E-state index contributed by atoms with van der Waals surface area (Å²) in [4.78, 5) is 9.19. The summed E-state index contributed by atoms with van der Waals surface area (Å²) in [6, 6.07) is 3.94. The van der Waals surface area contributed by atoms with Gasteiger partial charge in [0.25, 0.3) is 0 Å². The molecule has 0 bridgehead atoms. The van der Waals surface area contributed by atoms with Crippen LogP contribution in [-0.4, -0.2) is 41.4 Å². The Bertz CT molecular complexity index is 827. The van der Waals surface area contributed by atoms with Gasteiger partial charge in [-0.3, -0.25) is 4.98 Å². The molecule has 1 fully saturated rings. The molecule has 0 saturated carbocycles. The summed E-state index contributed by atoms with van der Waals surface area (Å²) in [5.74, 6) is 1.61. The number of methoxy groups -OCH3 is 1. The van der Waals surface area contributed by atoms with Crippen molar-refractivity contribution in [3.8, 4) is 22.8 Å². The maximum atomic E-state index is 9.61. The van der Waals surface area contributed by atoms with E-state index in [2.05, 4.69) is 18.8 Å². The normalized spacial score (nSPS) is 21.2. The SMILES string of the molecule is COc1ccc(-c2cncc(C3COB(O)C3)n2)c2c1OC(C)(C)CC2. The van der Waals surface area contributed by atoms with Crippen LogP contribution in [0, 0.1) is 0 Å². The highest BCUT2D eigenvalue weighted by Crippen LogP contribution is 2.44. The highest BCUT2D eigenvalue weighted by atomic mass is 16.5. The lowest BCUT2D eigenvalue weighted by Gasteiger charge is -2.34. The number of nitrogens with zero attached hydrogens (tertiary/aromatic N) is 2. The number of hydrogen-bond acceptors (Lipinski definition) is 6. The summed E-state index contributed by atoms with van der Waals surface area (Å²) < 4.78 is 17.0. The van der Waals surface area contributed by atoms with E-state index in [0.717, 1.165) is 46.9 Å². The maximum absolute atomic E-state index is 9.61. The third-order valence-electron chi connectivity index (χ3n) is 5.12. The van der Waals surface area contributed by atoms with Crippen molar-refractivity contribution < 1.29 is 19.2 Å². The van der Waals surface area contributed by atoms with E-state index >= 15 is 0 Å². The molecule has 2 aliphatic heterocycles. The molecule has 136 valence electrons. The Morgan fingerprint density at radius 1 is 1.31 bits per heavy atom. The monoisotopic (exact) mass is 354 g/mol. The fraction of sp³-hybridized carbons (Fsp3) is 0.474. The molecule has 6 nitrogen and oxygen atoms in total. The van der Waals surface area contributed by atoms with E-state index < -0.39 is 7.12 Å². The van der Waals surface area contributed by atoms with Gasteiger partial charge < -0.3 is 19.2 Å². The third kappa shape index (κ3) is 3.17. The van der Waals surface area contributed by atoms with Gasteiger partial charge in [0.15, 0.2) is 11.5 Å². The largest absolute Gasteiger partial charge is 0.493 e. The second-order valence-electron chi connectivity index (χ2n) is 7.53. The lowest BCUT2D eigenvalue weighted by molar-refractivity contribution is 0.0806. The van der Waals surface area contributed by atoms with Crippen LogP contribution in [0.5, 0.6) is 11.5 Å². The van der Waals surface area contributed by atoms with Crippen LogP contribution in [0.3, 0.4) is 0 Å². The molecule has 1 atom stereocenters. The van der Waals surface area contributed by atoms with Gasteiger partial charge in [0.05, 0.1) is 24.7 Å². The third-order valence-corrected chi connectivity index (χ3v) is 5.12. The van der Waals surface area contributed by atoms with Crippen LogP contribution >= 0.6 is 0 Å². The van der Waals surface area contributed by atoms with E-state index in [4.69, 9.17) is 19.1 Å². The number of hydrogen-bond donors (Lipinski definition) is 1. The van der Waals surface area contributed by atoms with Crippen molar-refractivity contribution in [1.82, 2.24) is 9.97 Å². The molecule has 0 radical (unpaired) electrons. The Morgan fingerprint density at radius 3 is 2.88 bits per heavy atom. The van der Waals surface area contributed by atoms with Crippen LogP contribution in [-0.2, 0) is 11.1 Å². The highest BCUT2D eigenvalue weighted by Gasteiger charge is 2.33. The first-order chi connectivity index (χ1) is 12.5. The Morgan fingerprint density at radius 2 is 2.15 bits per heavy atom. The molecule has 3 heterocycles. The topological polar surface area (TPSA) is 73.7 Å². The average molecular weight is 354 g/mol. The minimum Gasteiger partial charge on any atom is -0.493 e. The minimum atomic E-state index is -0.713. The summed E-state index contributed by atoms with van der Waals surface area (Å²) in [7, 11) is 0.946. The number of rotatable bonds is 3. The number of ether oxygens (including phenoxy) is 2. The van der Waals surface area contributed by atoms with E-state index in [1.54, 1.807) is 19.5 Å². The molecule has 1 aromatic carbocycles. The van der Waals surface area contributed by atoms with Crippen LogP contribution in [0.15, 0.2) is 24.5 Å². The van der Waals surface area contributed by atoms with Gasteiger partial charge in [0.2, 0.25) is 0 Å². The van der Waals surface area contributed by atoms with Crippen molar-refractivity contribution in [2.45, 2.75) is 44.5 Å². The van der Waals surface area contributed by atoms with E-state index in [-0.39, 0.29) is 11.5 Å². The van der Waals surface area contributed by atoms with Crippen molar-refractivity contribution >= 4 is 7.12 Å². The van der Waals surface area contributed by atoms with Crippen molar-refractivity contribution in [3.63, 3.8) is 0 Å². The maximum Gasteiger partial charge on any atom is 0.454 e. The van der Waals surface area contributed by atoms with Crippen LogP contribution in [0.1, 0.15) is 37.4 Å². The molecule has 1 saturated heterocycles. The van der Waals surface area contributed by atoms with Crippen LogP contribution in [0.4, 0.5) is 0 Å². The molecular formula is C19H23BN2O4. The summed E-state index contributed by atoms with van der Waals surface area (Å²) in [6.45, 7) is 4.65. The zero-order chi connectivity index (χ0) is 18.3. The molecule has 26 heavy (non-hydrogen) atoms. The van der Waals surface area contributed by atoms with Crippen LogP contribution in [0.2, 0.25) is 6.32 Å². The van der Waals surface area contributed by atoms with E-state index in [9.17, 15) is 5.02 Å². The molecule has 2 aromatic rings. The average Bonchev–Trinajstić information content (AvgIpc) is 3.06.